The van der Waals surface area contributed by atoms with Crippen molar-refractivity contribution in [1.82, 2.24) is 24.8 Å². The van der Waals surface area contributed by atoms with Crippen molar-refractivity contribution >= 4 is 23.1 Å². The maximum atomic E-state index is 14.2. The van der Waals surface area contributed by atoms with E-state index in [-0.39, 0.29) is 18.0 Å². The number of fused-ring (bicyclic) bond motifs is 1. The van der Waals surface area contributed by atoms with Gasteiger partial charge in [-0.25, -0.2) is 23.5 Å². The van der Waals surface area contributed by atoms with Crippen molar-refractivity contribution in [3.63, 3.8) is 0 Å². The topological polar surface area (TPSA) is 94.4 Å². The summed E-state index contributed by atoms with van der Waals surface area (Å²) in [5.41, 5.74) is 2.93. The van der Waals surface area contributed by atoms with Crippen LogP contribution in [-0.4, -0.2) is 64.6 Å². The normalized spacial score (nSPS) is 19.4. The molecule has 1 saturated carbocycles. The highest BCUT2D eigenvalue weighted by Crippen LogP contribution is 2.31. The average molecular weight is 585 g/mol. The number of imidazole rings is 1. The number of benzene rings is 1. The molecule has 3 heterocycles. The third-order valence-electron chi connectivity index (χ3n) is 8.25. The number of carbonyl (C=O) groups excluding carboxylic acids is 1. The Morgan fingerprint density at radius 2 is 1.88 bits per heavy atom. The summed E-state index contributed by atoms with van der Waals surface area (Å²) in [5.74, 6) is 1.23. The standard InChI is InChI=1S/C31H42F2N6O3/c1-3-4-16-42-31(40)35-23-11-9-22(10-12-23)6-5-7-24-20-27(37-30(34-24)38-14-17-41-18-15-38)39-26-19-21(2)8-13-25(26)36-29(39)28(32)33/h8,13,19-20,22-23,28H,3-7,9-12,14-18H2,1-2H3,(H,35,40). The summed E-state index contributed by atoms with van der Waals surface area (Å²) in [6.07, 6.45) is 5.58. The summed E-state index contributed by atoms with van der Waals surface area (Å²) in [5, 5.41) is 3.01. The molecule has 2 aliphatic rings. The van der Waals surface area contributed by atoms with E-state index in [0.717, 1.165) is 69.0 Å². The van der Waals surface area contributed by atoms with Gasteiger partial charge in [-0.15, -0.1) is 0 Å². The van der Waals surface area contributed by atoms with Gasteiger partial charge in [-0.3, -0.25) is 4.57 Å². The van der Waals surface area contributed by atoms with Gasteiger partial charge in [0.05, 0.1) is 30.9 Å². The Hall–Kier alpha value is -3.34. The van der Waals surface area contributed by atoms with Crippen LogP contribution in [0, 0.1) is 12.8 Å². The molecule has 0 spiro atoms. The molecule has 1 N–H and O–H groups in total. The number of aromatic nitrogens is 4. The molecule has 1 aromatic carbocycles. The van der Waals surface area contributed by atoms with Crippen molar-refractivity contribution in [2.24, 2.45) is 5.92 Å². The second-order valence-electron chi connectivity index (χ2n) is 11.5. The summed E-state index contributed by atoms with van der Waals surface area (Å²) in [4.78, 5) is 28.0. The first-order chi connectivity index (χ1) is 20.4. The molecule has 0 atom stereocenters. The van der Waals surface area contributed by atoms with Crippen molar-refractivity contribution in [3.05, 3.63) is 41.3 Å². The summed E-state index contributed by atoms with van der Waals surface area (Å²) < 4.78 is 40.7. The molecule has 1 saturated heterocycles. The smallest absolute Gasteiger partial charge is 0.407 e. The number of anilines is 1. The van der Waals surface area contributed by atoms with Crippen molar-refractivity contribution in [3.8, 4) is 5.82 Å². The predicted octanol–water partition coefficient (Wildman–Crippen LogP) is 6.31. The molecule has 9 nitrogen and oxygen atoms in total. The van der Waals surface area contributed by atoms with E-state index in [1.165, 1.54) is 4.57 Å². The number of carbonyl (C=O) groups is 1. The lowest BCUT2D eigenvalue weighted by Gasteiger charge is -2.29. The minimum absolute atomic E-state index is 0.175. The van der Waals surface area contributed by atoms with E-state index in [1.807, 2.05) is 25.1 Å². The third-order valence-corrected chi connectivity index (χ3v) is 8.25. The number of nitrogens with zero attached hydrogens (tertiary/aromatic N) is 5. The molecule has 2 fully saturated rings. The number of alkyl halides is 2. The van der Waals surface area contributed by atoms with E-state index in [1.54, 1.807) is 6.07 Å². The molecule has 228 valence electrons. The lowest BCUT2D eigenvalue weighted by atomic mass is 9.83. The van der Waals surface area contributed by atoms with Gasteiger partial charge in [0.15, 0.2) is 5.82 Å². The second-order valence-corrected chi connectivity index (χ2v) is 11.5. The van der Waals surface area contributed by atoms with Crippen LogP contribution in [0.4, 0.5) is 19.5 Å². The maximum absolute atomic E-state index is 14.2. The fraction of sp³-hybridized carbons (Fsp3) is 0.613. The number of rotatable bonds is 11. The van der Waals surface area contributed by atoms with Gasteiger partial charge < -0.3 is 19.7 Å². The highest BCUT2D eigenvalue weighted by molar-refractivity contribution is 5.79. The highest BCUT2D eigenvalue weighted by Gasteiger charge is 2.25. The van der Waals surface area contributed by atoms with Gasteiger partial charge in [0.25, 0.3) is 6.43 Å². The number of aryl methyl sites for hydroxylation is 2. The largest absolute Gasteiger partial charge is 0.450 e. The minimum Gasteiger partial charge on any atom is -0.450 e. The predicted molar refractivity (Wildman–Crippen MR) is 157 cm³/mol. The number of morpholine rings is 1. The quantitative estimate of drug-likeness (QED) is 0.264. The van der Waals surface area contributed by atoms with Crippen molar-refractivity contribution in [1.29, 1.82) is 0 Å². The SMILES string of the molecule is CCCCOC(=O)NC1CCC(CCCc2cc(-n3c(C(F)F)nc4ccc(C)cc43)nc(N3CCOCC3)n2)CC1. The lowest BCUT2D eigenvalue weighted by molar-refractivity contribution is 0.122. The van der Waals surface area contributed by atoms with E-state index < -0.39 is 6.43 Å². The van der Waals surface area contributed by atoms with Gasteiger partial charge in [-0.05, 0) is 75.5 Å². The number of hydrogen-bond donors (Lipinski definition) is 1. The Kier molecular flexibility index (Phi) is 10.2. The van der Waals surface area contributed by atoms with Gasteiger partial charge in [-0.2, -0.15) is 4.98 Å². The van der Waals surface area contributed by atoms with Gasteiger partial charge in [0.1, 0.15) is 5.82 Å². The van der Waals surface area contributed by atoms with Crippen LogP contribution < -0.4 is 10.2 Å². The Morgan fingerprint density at radius 3 is 2.62 bits per heavy atom. The molecule has 0 radical (unpaired) electrons. The molecule has 1 amide bonds. The summed E-state index contributed by atoms with van der Waals surface area (Å²) in [6, 6.07) is 7.54. The number of hydrogen-bond acceptors (Lipinski definition) is 7. The average Bonchev–Trinajstić information content (AvgIpc) is 3.38. The van der Waals surface area contributed by atoms with Gasteiger partial charge >= 0.3 is 6.09 Å². The highest BCUT2D eigenvalue weighted by atomic mass is 19.3. The van der Waals surface area contributed by atoms with E-state index in [4.69, 9.17) is 19.4 Å². The number of ether oxygens (including phenoxy) is 2. The van der Waals surface area contributed by atoms with E-state index in [0.29, 0.717) is 61.6 Å². The Balaban J connectivity index is 1.28. The van der Waals surface area contributed by atoms with Gasteiger partial charge in [-0.1, -0.05) is 25.8 Å². The first-order valence-corrected chi connectivity index (χ1v) is 15.3. The molecule has 42 heavy (non-hydrogen) atoms. The molecular weight excluding hydrogens is 542 g/mol. The number of amides is 1. The molecule has 0 unspecified atom stereocenters. The monoisotopic (exact) mass is 584 g/mol. The maximum Gasteiger partial charge on any atom is 0.407 e. The molecule has 1 aliphatic heterocycles. The number of unbranched alkanes of at least 4 members (excludes halogenated alkanes) is 1. The van der Waals surface area contributed by atoms with Crippen LogP contribution in [0.25, 0.3) is 16.9 Å². The zero-order valence-corrected chi connectivity index (χ0v) is 24.7. The Labute approximate surface area is 246 Å². The minimum atomic E-state index is -2.74. The molecule has 0 bridgehead atoms. The van der Waals surface area contributed by atoms with Gasteiger partial charge in [0.2, 0.25) is 5.95 Å². The molecule has 5 rings (SSSR count). The second kappa shape index (κ2) is 14.2. The number of alkyl carbamates (subject to hydrolysis) is 1. The van der Waals surface area contributed by atoms with Crippen molar-refractivity contribution in [2.75, 3.05) is 37.8 Å². The van der Waals surface area contributed by atoms with Crippen LogP contribution in [0.3, 0.4) is 0 Å². The number of nitrogens with one attached hydrogen (secondary N) is 1. The van der Waals surface area contributed by atoms with E-state index in [9.17, 15) is 13.6 Å². The van der Waals surface area contributed by atoms with Crippen LogP contribution in [-0.2, 0) is 15.9 Å². The molecular formula is C31H42F2N6O3. The molecule has 3 aromatic rings. The van der Waals surface area contributed by atoms with Crippen LogP contribution >= 0.6 is 0 Å². The zero-order valence-electron chi connectivity index (χ0n) is 24.7. The van der Waals surface area contributed by atoms with Crippen molar-refractivity contribution in [2.45, 2.75) is 84.1 Å². The van der Waals surface area contributed by atoms with Crippen LogP contribution in [0.15, 0.2) is 24.3 Å². The van der Waals surface area contributed by atoms with Crippen LogP contribution in [0.1, 0.15) is 81.8 Å². The van der Waals surface area contributed by atoms with E-state index in [2.05, 4.69) is 22.1 Å². The van der Waals surface area contributed by atoms with Crippen LogP contribution in [0.2, 0.25) is 0 Å². The first-order valence-electron chi connectivity index (χ1n) is 15.3. The third kappa shape index (κ3) is 7.53. The van der Waals surface area contributed by atoms with Crippen LogP contribution in [0.5, 0.6) is 0 Å². The lowest BCUT2D eigenvalue weighted by Crippen LogP contribution is -2.38. The summed E-state index contributed by atoms with van der Waals surface area (Å²) in [7, 11) is 0. The fourth-order valence-electron chi connectivity index (χ4n) is 5.89. The first kappa shape index (κ1) is 30.1. The van der Waals surface area contributed by atoms with Crippen molar-refractivity contribution < 1.29 is 23.0 Å². The number of halogens is 2. The summed E-state index contributed by atoms with van der Waals surface area (Å²) in [6.45, 7) is 6.93. The Morgan fingerprint density at radius 1 is 1.10 bits per heavy atom. The molecule has 1 aliphatic carbocycles. The molecule has 11 heteroatoms. The zero-order chi connectivity index (χ0) is 29.5. The van der Waals surface area contributed by atoms with Gasteiger partial charge in [0, 0.05) is 30.9 Å². The Bertz CT molecular complexity index is 1340. The summed E-state index contributed by atoms with van der Waals surface area (Å²) >= 11 is 0. The molecule has 2 aromatic heterocycles. The van der Waals surface area contributed by atoms with E-state index >= 15 is 0 Å². The fourth-order valence-corrected chi connectivity index (χ4v) is 5.89.